The normalized spacial score (nSPS) is 14.3. The molecule has 1 aromatic heterocycles. The van der Waals surface area contributed by atoms with Crippen molar-refractivity contribution >= 4 is 11.7 Å². The lowest BCUT2D eigenvalue weighted by atomic mass is 9.94. The summed E-state index contributed by atoms with van der Waals surface area (Å²) < 4.78 is 0. The molecule has 0 fully saturated rings. The van der Waals surface area contributed by atoms with Crippen molar-refractivity contribution in [1.82, 2.24) is 4.98 Å². The van der Waals surface area contributed by atoms with Gasteiger partial charge in [-0.2, -0.15) is 0 Å². The molecule has 1 amide bonds. The molecule has 5 nitrogen and oxygen atoms in total. The second-order valence-electron chi connectivity index (χ2n) is 5.24. The van der Waals surface area contributed by atoms with Crippen LogP contribution in [0.15, 0.2) is 18.3 Å². The van der Waals surface area contributed by atoms with Gasteiger partial charge in [0.2, 0.25) is 5.91 Å². The number of carbonyl (C=O) groups is 1. The number of pyridine rings is 1. The molecule has 1 heterocycles. The molecule has 100 valence electrons. The molecule has 0 aromatic carbocycles. The Morgan fingerprint density at radius 3 is 2.67 bits per heavy atom. The van der Waals surface area contributed by atoms with E-state index in [1.165, 1.54) is 6.20 Å². The Hall–Kier alpha value is -1.62. The Bertz CT molecular complexity index is 399. The van der Waals surface area contributed by atoms with Gasteiger partial charge in [0.15, 0.2) is 0 Å². The highest BCUT2D eigenvalue weighted by atomic mass is 16.3. The number of hydrogen-bond acceptors (Lipinski definition) is 4. The number of anilines is 1. The predicted octanol–water partition coefficient (Wildman–Crippen LogP) is 1.39. The first kappa shape index (κ1) is 14.4. The standard InChI is InChI=1S/C13H21N3O2/c1-9(2)6-13(3,18)8-16-11-5-4-10(7-15-11)12(14)17/h4-5,7,9,18H,6,8H2,1-3H3,(H2,14,17)(H,15,16). The highest BCUT2D eigenvalue weighted by Gasteiger charge is 2.21. The summed E-state index contributed by atoms with van der Waals surface area (Å²) in [5, 5.41) is 13.2. The van der Waals surface area contributed by atoms with Gasteiger partial charge in [-0.05, 0) is 31.4 Å². The largest absolute Gasteiger partial charge is 0.388 e. The minimum Gasteiger partial charge on any atom is -0.388 e. The van der Waals surface area contributed by atoms with E-state index in [4.69, 9.17) is 5.73 Å². The number of amides is 1. The van der Waals surface area contributed by atoms with Crippen molar-refractivity contribution in [2.75, 3.05) is 11.9 Å². The average Bonchev–Trinajstić information content (AvgIpc) is 2.25. The summed E-state index contributed by atoms with van der Waals surface area (Å²) >= 11 is 0. The Kier molecular flexibility index (Phi) is 4.67. The Morgan fingerprint density at radius 1 is 1.56 bits per heavy atom. The van der Waals surface area contributed by atoms with Gasteiger partial charge in [0, 0.05) is 12.7 Å². The molecule has 4 N–H and O–H groups in total. The summed E-state index contributed by atoms with van der Waals surface area (Å²) in [5.74, 6) is 0.539. The summed E-state index contributed by atoms with van der Waals surface area (Å²) in [5.41, 5.74) is 4.71. The van der Waals surface area contributed by atoms with Crippen LogP contribution in [0.5, 0.6) is 0 Å². The van der Waals surface area contributed by atoms with Crippen molar-refractivity contribution in [2.24, 2.45) is 11.7 Å². The molecule has 0 radical (unpaired) electrons. The SMILES string of the molecule is CC(C)CC(C)(O)CNc1ccc(C(N)=O)cn1. The van der Waals surface area contributed by atoms with E-state index >= 15 is 0 Å². The maximum Gasteiger partial charge on any atom is 0.250 e. The second kappa shape index (κ2) is 5.82. The Morgan fingerprint density at radius 2 is 2.22 bits per heavy atom. The van der Waals surface area contributed by atoms with Crippen LogP contribution in [0.3, 0.4) is 0 Å². The van der Waals surface area contributed by atoms with E-state index in [-0.39, 0.29) is 0 Å². The fraction of sp³-hybridized carbons (Fsp3) is 0.538. The van der Waals surface area contributed by atoms with E-state index in [0.29, 0.717) is 30.3 Å². The topological polar surface area (TPSA) is 88.2 Å². The van der Waals surface area contributed by atoms with Gasteiger partial charge in [0.1, 0.15) is 5.82 Å². The van der Waals surface area contributed by atoms with E-state index in [1.807, 2.05) is 0 Å². The number of nitrogens with two attached hydrogens (primary N) is 1. The van der Waals surface area contributed by atoms with Crippen LogP contribution in [-0.2, 0) is 0 Å². The van der Waals surface area contributed by atoms with Gasteiger partial charge in [-0.15, -0.1) is 0 Å². The van der Waals surface area contributed by atoms with E-state index in [2.05, 4.69) is 24.1 Å². The van der Waals surface area contributed by atoms with Crippen LogP contribution in [-0.4, -0.2) is 28.1 Å². The van der Waals surface area contributed by atoms with Gasteiger partial charge < -0.3 is 16.2 Å². The third-order valence-corrected chi connectivity index (χ3v) is 2.55. The molecule has 0 aliphatic carbocycles. The molecule has 0 bridgehead atoms. The van der Waals surface area contributed by atoms with Crippen LogP contribution in [0.25, 0.3) is 0 Å². The van der Waals surface area contributed by atoms with Gasteiger partial charge in [0.25, 0.3) is 0 Å². The van der Waals surface area contributed by atoms with Crippen molar-refractivity contribution in [2.45, 2.75) is 32.8 Å². The van der Waals surface area contributed by atoms with Crippen LogP contribution in [0.1, 0.15) is 37.6 Å². The number of aliphatic hydroxyl groups is 1. The smallest absolute Gasteiger partial charge is 0.250 e. The zero-order valence-corrected chi connectivity index (χ0v) is 11.1. The number of hydrogen-bond donors (Lipinski definition) is 3. The molecule has 0 aliphatic heterocycles. The number of carbonyl (C=O) groups excluding carboxylic acids is 1. The van der Waals surface area contributed by atoms with E-state index in [1.54, 1.807) is 19.1 Å². The van der Waals surface area contributed by atoms with Gasteiger partial charge >= 0.3 is 0 Å². The molecule has 18 heavy (non-hydrogen) atoms. The molecular formula is C13H21N3O2. The predicted molar refractivity (Wildman–Crippen MR) is 71.3 cm³/mol. The number of aromatic nitrogens is 1. The highest BCUT2D eigenvalue weighted by molar-refractivity contribution is 5.92. The quantitative estimate of drug-likeness (QED) is 0.713. The monoisotopic (exact) mass is 251 g/mol. The van der Waals surface area contributed by atoms with Gasteiger partial charge in [-0.3, -0.25) is 4.79 Å². The first-order valence-corrected chi connectivity index (χ1v) is 6.02. The van der Waals surface area contributed by atoms with Crippen molar-refractivity contribution in [1.29, 1.82) is 0 Å². The Labute approximate surface area is 107 Å². The molecule has 0 saturated heterocycles. The highest BCUT2D eigenvalue weighted by Crippen LogP contribution is 2.17. The van der Waals surface area contributed by atoms with Crippen LogP contribution in [0, 0.1) is 5.92 Å². The fourth-order valence-corrected chi connectivity index (χ4v) is 1.88. The van der Waals surface area contributed by atoms with Crippen LogP contribution in [0.2, 0.25) is 0 Å². The summed E-state index contributed by atoms with van der Waals surface area (Å²) in [7, 11) is 0. The van der Waals surface area contributed by atoms with Gasteiger partial charge in [-0.25, -0.2) is 4.98 Å². The van der Waals surface area contributed by atoms with E-state index < -0.39 is 11.5 Å². The summed E-state index contributed by atoms with van der Waals surface area (Å²) in [6.45, 7) is 6.33. The van der Waals surface area contributed by atoms with E-state index in [0.717, 1.165) is 0 Å². The van der Waals surface area contributed by atoms with E-state index in [9.17, 15) is 9.90 Å². The van der Waals surface area contributed by atoms with Crippen LogP contribution < -0.4 is 11.1 Å². The minimum atomic E-state index is -0.780. The van der Waals surface area contributed by atoms with Crippen molar-refractivity contribution in [3.8, 4) is 0 Å². The lowest BCUT2D eigenvalue weighted by molar-refractivity contribution is 0.0514. The van der Waals surface area contributed by atoms with Crippen molar-refractivity contribution in [3.63, 3.8) is 0 Å². The number of nitrogens with one attached hydrogen (secondary N) is 1. The van der Waals surface area contributed by atoms with Gasteiger partial charge in [0.05, 0.1) is 11.2 Å². The maximum absolute atomic E-state index is 10.9. The summed E-state index contributed by atoms with van der Waals surface area (Å²) in [6, 6.07) is 3.28. The molecule has 1 atom stereocenters. The number of nitrogens with zero attached hydrogens (tertiary/aromatic N) is 1. The lowest BCUT2D eigenvalue weighted by Crippen LogP contribution is -2.35. The first-order chi connectivity index (χ1) is 8.30. The third-order valence-electron chi connectivity index (χ3n) is 2.55. The number of rotatable bonds is 6. The summed E-state index contributed by atoms with van der Waals surface area (Å²) in [6.07, 6.45) is 2.13. The molecule has 0 saturated carbocycles. The Balaban J connectivity index is 2.55. The molecule has 0 aliphatic rings. The second-order valence-corrected chi connectivity index (χ2v) is 5.24. The van der Waals surface area contributed by atoms with Crippen molar-refractivity contribution < 1.29 is 9.90 Å². The maximum atomic E-state index is 10.9. The molecule has 1 aromatic rings. The van der Waals surface area contributed by atoms with Crippen LogP contribution >= 0.6 is 0 Å². The zero-order chi connectivity index (χ0) is 13.8. The van der Waals surface area contributed by atoms with Crippen LogP contribution in [0.4, 0.5) is 5.82 Å². The zero-order valence-electron chi connectivity index (χ0n) is 11.1. The van der Waals surface area contributed by atoms with Gasteiger partial charge in [-0.1, -0.05) is 13.8 Å². The molecule has 1 rings (SSSR count). The summed E-state index contributed by atoms with van der Waals surface area (Å²) in [4.78, 5) is 14.9. The third kappa shape index (κ3) is 4.71. The molecule has 0 spiro atoms. The first-order valence-electron chi connectivity index (χ1n) is 6.02. The fourth-order valence-electron chi connectivity index (χ4n) is 1.88. The molecular weight excluding hydrogens is 230 g/mol. The minimum absolute atomic E-state index is 0.370. The lowest BCUT2D eigenvalue weighted by Gasteiger charge is -2.25. The molecule has 1 unspecified atom stereocenters. The average molecular weight is 251 g/mol. The van der Waals surface area contributed by atoms with Crippen molar-refractivity contribution in [3.05, 3.63) is 23.9 Å². The molecule has 5 heteroatoms. The number of primary amides is 1.